The number of hydrogen-bond donors (Lipinski definition) is 2. The number of amides is 2. The number of carbonyl (C=O) groups excluding carboxylic acids is 2. The molecule has 134 valence electrons. The van der Waals surface area contributed by atoms with Gasteiger partial charge in [-0.05, 0) is 37.2 Å². The van der Waals surface area contributed by atoms with Gasteiger partial charge in [-0.3, -0.25) is 9.59 Å². The fraction of sp³-hybridized carbons (Fsp3) is 0.600. The molecule has 0 saturated heterocycles. The Morgan fingerprint density at radius 3 is 2.12 bits per heavy atom. The summed E-state index contributed by atoms with van der Waals surface area (Å²) >= 11 is 0. The number of hydrogen-bond acceptors (Lipinski definition) is 2. The number of carbonyl (C=O) groups is 2. The van der Waals surface area contributed by atoms with Crippen molar-refractivity contribution in [2.24, 2.45) is 29.4 Å². The van der Waals surface area contributed by atoms with Gasteiger partial charge in [0.05, 0.1) is 0 Å². The van der Waals surface area contributed by atoms with E-state index < -0.39 is 0 Å². The van der Waals surface area contributed by atoms with E-state index in [1.54, 1.807) is 0 Å². The van der Waals surface area contributed by atoms with Crippen molar-refractivity contribution in [1.82, 2.24) is 5.32 Å². The quantitative estimate of drug-likeness (QED) is 0.729. The van der Waals surface area contributed by atoms with E-state index in [0.717, 1.165) is 12.0 Å². The average molecular weight is 332 g/mol. The first-order valence-electron chi connectivity index (χ1n) is 8.86. The van der Waals surface area contributed by atoms with Crippen molar-refractivity contribution < 1.29 is 9.59 Å². The Hall–Kier alpha value is -1.84. The predicted molar refractivity (Wildman–Crippen MR) is 98.2 cm³/mol. The Balaban J connectivity index is 2.82. The van der Waals surface area contributed by atoms with Crippen LogP contribution in [0.2, 0.25) is 0 Å². The maximum Gasteiger partial charge on any atom is 0.223 e. The summed E-state index contributed by atoms with van der Waals surface area (Å²) in [5.74, 6) is -0.168. The molecule has 0 aliphatic carbocycles. The van der Waals surface area contributed by atoms with Crippen LogP contribution in [-0.4, -0.2) is 17.9 Å². The molecular formula is C20H32N2O2. The van der Waals surface area contributed by atoms with E-state index in [0.29, 0.717) is 12.3 Å². The van der Waals surface area contributed by atoms with Crippen LogP contribution in [-0.2, 0) is 16.0 Å². The molecule has 0 spiro atoms. The standard InChI is InChI=1S/C20H32N2O2/c1-13(2)11-14(3)20(24)22-16(5)18(15(4)19(21)23)12-17-9-7-6-8-10-17/h6-10,13-16,18H,11-12H2,1-5H3,(H2,21,23)(H,22,24). The summed E-state index contributed by atoms with van der Waals surface area (Å²) < 4.78 is 0. The minimum atomic E-state index is -0.327. The van der Waals surface area contributed by atoms with Crippen LogP contribution in [0.4, 0.5) is 0 Å². The molecule has 2 amide bonds. The van der Waals surface area contributed by atoms with Crippen LogP contribution >= 0.6 is 0 Å². The molecule has 0 radical (unpaired) electrons. The van der Waals surface area contributed by atoms with Gasteiger partial charge in [0.1, 0.15) is 0 Å². The van der Waals surface area contributed by atoms with E-state index in [4.69, 9.17) is 5.73 Å². The van der Waals surface area contributed by atoms with Gasteiger partial charge >= 0.3 is 0 Å². The van der Waals surface area contributed by atoms with Crippen LogP contribution in [0.1, 0.15) is 46.6 Å². The molecule has 4 atom stereocenters. The summed E-state index contributed by atoms with van der Waals surface area (Å²) in [5, 5.41) is 3.09. The van der Waals surface area contributed by atoms with Crippen molar-refractivity contribution >= 4 is 11.8 Å². The highest BCUT2D eigenvalue weighted by Crippen LogP contribution is 2.22. The molecule has 0 aromatic heterocycles. The fourth-order valence-corrected chi connectivity index (χ4v) is 3.17. The average Bonchev–Trinajstić information content (AvgIpc) is 2.51. The Morgan fingerprint density at radius 1 is 1.04 bits per heavy atom. The van der Waals surface area contributed by atoms with Crippen molar-refractivity contribution in [1.29, 1.82) is 0 Å². The minimum Gasteiger partial charge on any atom is -0.369 e. The van der Waals surface area contributed by atoms with Gasteiger partial charge in [-0.1, -0.05) is 58.0 Å². The van der Waals surface area contributed by atoms with Gasteiger partial charge in [0.15, 0.2) is 0 Å². The van der Waals surface area contributed by atoms with Crippen LogP contribution in [0.3, 0.4) is 0 Å². The minimum absolute atomic E-state index is 0.0277. The van der Waals surface area contributed by atoms with Crippen LogP contribution < -0.4 is 11.1 Å². The highest BCUT2D eigenvalue weighted by atomic mass is 16.2. The van der Waals surface area contributed by atoms with Gasteiger partial charge in [0.25, 0.3) is 0 Å². The summed E-state index contributed by atoms with van der Waals surface area (Å²) in [7, 11) is 0. The predicted octanol–water partition coefficient (Wildman–Crippen LogP) is 3.15. The summed E-state index contributed by atoms with van der Waals surface area (Å²) in [4.78, 5) is 24.1. The Labute approximate surface area is 146 Å². The van der Waals surface area contributed by atoms with Gasteiger partial charge < -0.3 is 11.1 Å². The Morgan fingerprint density at radius 2 is 1.62 bits per heavy atom. The summed E-state index contributed by atoms with van der Waals surface area (Å²) in [6, 6.07) is 9.89. The van der Waals surface area contributed by atoms with E-state index in [-0.39, 0.29) is 35.6 Å². The Bertz CT molecular complexity index is 528. The number of primary amides is 1. The van der Waals surface area contributed by atoms with Crippen LogP contribution in [0.15, 0.2) is 30.3 Å². The molecule has 0 saturated carbocycles. The lowest BCUT2D eigenvalue weighted by molar-refractivity contribution is -0.128. The lowest BCUT2D eigenvalue weighted by Crippen LogP contribution is -2.46. The molecule has 4 heteroatoms. The van der Waals surface area contributed by atoms with Gasteiger partial charge in [-0.2, -0.15) is 0 Å². The molecule has 4 nitrogen and oxygen atoms in total. The highest BCUT2D eigenvalue weighted by molar-refractivity contribution is 5.79. The lowest BCUT2D eigenvalue weighted by atomic mass is 9.82. The first-order chi connectivity index (χ1) is 11.2. The molecule has 3 N–H and O–H groups in total. The second-order valence-corrected chi connectivity index (χ2v) is 7.37. The fourth-order valence-electron chi connectivity index (χ4n) is 3.17. The molecule has 0 fully saturated rings. The van der Waals surface area contributed by atoms with E-state index in [1.165, 1.54) is 0 Å². The van der Waals surface area contributed by atoms with Crippen LogP contribution in [0.25, 0.3) is 0 Å². The summed E-state index contributed by atoms with van der Waals surface area (Å²) in [6.45, 7) is 9.98. The third-order valence-electron chi connectivity index (χ3n) is 4.69. The van der Waals surface area contributed by atoms with E-state index in [1.807, 2.05) is 51.1 Å². The molecule has 1 rings (SSSR count). The lowest BCUT2D eigenvalue weighted by Gasteiger charge is -2.30. The molecule has 4 unspecified atom stereocenters. The molecule has 0 aliphatic heterocycles. The molecule has 0 bridgehead atoms. The zero-order chi connectivity index (χ0) is 18.3. The SMILES string of the molecule is CC(C)CC(C)C(=O)NC(C)C(Cc1ccccc1)C(C)C(N)=O. The monoisotopic (exact) mass is 332 g/mol. The second kappa shape index (κ2) is 9.45. The normalized spacial score (nSPS) is 16.2. The highest BCUT2D eigenvalue weighted by Gasteiger charge is 2.29. The van der Waals surface area contributed by atoms with Crippen molar-refractivity contribution in [3.05, 3.63) is 35.9 Å². The van der Waals surface area contributed by atoms with Crippen LogP contribution in [0.5, 0.6) is 0 Å². The van der Waals surface area contributed by atoms with E-state index in [9.17, 15) is 9.59 Å². The topological polar surface area (TPSA) is 72.2 Å². The molecule has 24 heavy (non-hydrogen) atoms. The molecule has 1 aromatic rings. The molecule has 0 aliphatic rings. The van der Waals surface area contributed by atoms with E-state index in [2.05, 4.69) is 19.2 Å². The van der Waals surface area contributed by atoms with Crippen molar-refractivity contribution in [2.45, 2.75) is 53.5 Å². The first kappa shape index (κ1) is 20.2. The maximum absolute atomic E-state index is 12.4. The zero-order valence-corrected chi connectivity index (χ0v) is 15.6. The summed E-state index contributed by atoms with van der Waals surface area (Å²) in [6.07, 6.45) is 1.57. The first-order valence-corrected chi connectivity index (χ1v) is 8.86. The van der Waals surface area contributed by atoms with Crippen molar-refractivity contribution in [3.63, 3.8) is 0 Å². The number of benzene rings is 1. The Kier molecular flexibility index (Phi) is 7.96. The number of nitrogens with two attached hydrogens (primary N) is 1. The zero-order valence-electron chi connectivity index (χ0n) is 15.6. The molecule has 1 aromatic carbocycles. The summed E-state index contributed by atoms with van der Waals surface area (Å²) in [5.41, 5.74) is 6.68. The smallest absolute Gasteiger partial charge is 0.223 e. The van der Waals surface area contributed by atoms with E-state index >= 15 is 0 Å². The molecular weight excluding hydrogens is 300 g/mol. The second-order valence-electron chi connectivity index (χ2n) is 7.37. The van der Waals surface area contributed by atoms with Crippen LogP contribution in [0, 0.1) is 23.7 Å². The van der Waals surface area contributed by atoms with Gasteiger partial charge in [-0.15, -0.1) is 0 Å². The number of rotatable bonds is 9. The van der Waals surface area contributed by atoms with Gasteiger partial charge in [0.2, 0.25) is 11.8 Å². The third-order valence-corrected chi connectivity index (χ3v) is 4.69. The van der Waals surface area contributed by atoms with Crippen molar-refractivity contribution in [3.8, 4) is 0 Å². The largest absolute Gasteiger partial charge is 0.369 e. The maximum atomic E-state index is 12.4. The number of nitrogens with one attached hydrogen (secondary N) is 1. The van der Waals surface area contributed by atoms with Gasteiger partial charge in [0, 0.05) is 17.9 Å². The van der Waals surface area contributed by atoms with Gasteiger partial charge in [-0.25, -0.2) is 0 Å². The third kappa shape index (κ3) is 6.34. The molecule has 0 heterocycles. The van der Waals surface area contributed by atoms with Crippen molar-refractivity contribution in [2.75, 3.05) is 0 Å².